The summed E-state index contributed by atoms with van der Waals surface area (Å²) in [6.45, 7) is 4.22. The maximum atomic E-state index is 12.5. The molecule has 0 unspecified atom stereocenters. The number of hydrogen-bond acceptors (Lipinski definition) is 1. The van der Waals surface area contributed by atoms with Crippen molar-refractivity contribution in [2.24, 2.45) is 0 Å². The Balaban J connectivity index is 2.08. The topological polar surface area (TPSA) is 17.1 Å². The second-order valence-corrected chi connectivity index (χ2v) is 5.48. The first kappa shape index (κ1) is 13.6. The van der Waals surface area contributed by atoms with E-state index < -0.39 is 0 Å². The van der Waals surface area contributed by atoms with Crippen molar-refractivity contribution in [3.8, 4) is 0 Å². The summed E-state index contributed by atoms with van der Waals surface area (Å²) in [4.78, 5) is 12.5. The molecule has 1 heteroatoms. The van der Waals surface area contributed by atoms with Crippen molar-refractivity contribution < 1.29 is 4.79 Å². The third kappa shape index (κ3) is 2.59. The summed E-state index contributed by atoms with van der Waals surface area (Å²) in [5.41, 5.74) is 4.39. The van der Waals surface area contributed by atoms with E-state index in [1.54, 1.807) is 0 Å². The van der Waals surface area contributed by atoms with Crippen molar-refractivity contribution in [2.75, 3.05) is 0 Å². The Kier molecular flexibility index (Phi) is 3.57. The molecule has 3 aromatic carbocycles. The largest absolute Gasteiger partial charge is 0.294 e. The van der Waals surface area contributed by atoms with Gasteiger partial charge < -0.3 is 0 Å². The molecule has 0 saturated heterocycles. The summed E-state index contributed by atoms with van der Waals surface area (Å²) < 4.78 is 0. The van der Waals surface area contributed by atoms with Crippen LogP contribution >= 0.6 is 0 Å². The Labute approximate surface area is 125 Å². The number of fused-ring (bicyclic) bond motifs is 1. The van der Waals surface area contributed by atoms with Gasteiger partial charge >= 0.3 is 0 Å². The van der Waals surface area contributed by atoms with Crippen LogP contribution in [0.5, 0.6) is 0 Å². The molecule has 0 fully saturated rings. The van der Waals surface area contributed by atoms with Crippen molar-refractivity contribution in [2.45, 2.75) is 20.3 Å². The quantitative estimate of drug-likeness (QED) is 0.622. The molecule has 0 atom stereocenters. The Morgan fingerprint density at radius 3 is 2.33 bits per heavy atom. The minimum absolute atomic E-state index is 0.175. The molecule has 0 aliphatic heterocycles. The van der Waals surface area contributed by atoms with Gasteiger partial charge in [-0.1, -0.05) is 60.7 Å². The Bertz CT molecular complexity index is 801. The Morgan fingerprint density at radius 2 is 1.57 bits per heavy atom. The minimum atomic E-state index is 0.175. The molecule has 0 N–H and O–H groups in total. The first-order valence-corrected chi connectivity index (χ1v) is 7.23. The smallest absolute Gasteiger partial charge is 0.167 e. The molecule has 0 aromatic heterocycles. The highest BCUT2D eigenvalue weighted by atomic mass is 16.1. The zero-order valence-corrected chi connectivity index (χ0v) is 12.4. The van der Waals surface area contributed by atoms with Gasteiger partial charge in [-0.15, -0.1) is 0 Å². The van der Waals surface area contributed by atoms with E-state index in [9.17, 15) is 4.79 Å². The molecule has 0 saturated carbocycles. The van der Waals surface area contributed by atoms with Crippen LogP contribution in [-0.2, 0) is 6.42 Å². The first-order valence-electron chi connectivity index (χ1n) is 7.23. The van der Waals surface area contributed by atoms with Gasteiger partial charge in [0, 0.05) is 12.0 Å². The number of carbonyl (C=O) groups excluding carboxylic acids is 1. The number of carbonyl (C=O) groups is 1. The van der Waals surface area contributed by atoms with E-state index in [4.69, 9.17) is 0 Å². The molecule has 3 rings (SSSR count). The first-order chi connectivity index (χ1) is 10.2. The summed E-state index contributed by atoms with van der Waals surface area (Å²) >= 11 is 0. The van der Waals surface area contributed by atoms with Gasteiger partial charge in [-0.3, -0.25) is 4.79 Å². The van der Waals surface area contributed by atoms with Gasteiger partial charge in [0.15, 0.2) is 5.78 Å². The molecular formula is C20H18O. The zero-order chi connectivity index (χ0) is 14.8. The standard InChI is InChI=1S/C20H18O/c1-14-12-17-10-6-7-11-18(17)19(15(14)2)13-20(21)16-8-4-3-5-9-16/h3-12H,13H2,1-2H3. The predicted molar refractivity (Wildman–Crippen MR) is 87.9 cm³/mol. The van der Waals surface area contributed by atoms with Gasteiger partial charge in [0.25, 0.3) is 0 Å². The molecule has 104 valence electrons. The molecule has 3 aromatic rings. The highest BCUT2D eigenvalue weighted by Crippen LogP contribution is 2.26. The lowest BCUT2D eigenvalue weighted by Gasteiger charge is -2.13. The van der Waals surface area contributed by atoms with E-state index in [1.165, 1.54) is 21.9 Å². The average Bonchev–Trinajstić information content (AvgIpc) is 2.52. The highest BCUT2D eigenvalue weighted by Gasteiger charge is 2.13. The number of benzene rings is 3. The van der Waals surface area contributed by atoms with Gasteiger partial charge in [-0.2, -0.15) is 0 Å². The number of ketones is 1. The molecule has 0 amide bonds. The second-order valence-electron chi connectivity index (χ2n) is 5.48. The molecule has 1 nitrogen and oxygen atoms in total. The molecule has 21 heavy (non-hydrogen) atoms. The molecule has 0 heterocycles. The van der Waals surface area contributed by atoms with Crippen LogP contribution in [-0.4, -0.2) is 5.78 Å². The van der Waals surface area contributed by atoms with Crippen LogP contribution < -0.4 is 0 Å². The fourth-order valence-electron chi connectivity index (χ4n) is 2.79. The number of rotatable bonds is 3. The van der Waals surface area contributed by atoms with Crippen molar-refractivity contribution in [1.82, 2.24) is 0 Å². The van der Waals surface area contributed by atoms with Crippen LogP contribution in [0.4, 0.5) is 0 Å². The van der Waals surface area contributed by atoms with E-state index in [0.717, 1.165) is 11.1 Å². The summed E-state index contributed by atoms with van der Waals surface area (Å²) in [6, 6.07) is 20.0. The predicted octanol–water partition coefficient (Wildman–Crippen LogP) is 4.88. The highest BCUT2D eigenvalue weighted by molar-refractivity contribution is 6.00. The average molecular weight is 274 g/mol. The fraction of sp³-hybridized carbons (Fsp3) is 0.150. The minimum Gasteiger partial charge on any atom is -0.294 e. The van der Waals surface area contributed by atoms with E-state index >= 15 is 0 Å². The van der Waals surface area contributed by atoms with E-state index in [2.05, 4.69) is 32.0 Å². The summed E-state index contributed by atoms with van der Waals surface area (Å²) in [6.07, 6.45) is 0.456. The maximum Gasteiger partial charge on any atom is 0.167 e. The number of hydrogen-bond donors (Lipinski definition) is 0. The lowest BCUT2D eigenvalue weighted by molar-refractivity contribution is 0.0993. The van der Waals surface area contributed by atoms with E-state index in [1.807, 2.05) is 42.5 Å². The van der Waals surface area contributed by atoms with Crippen LogP contribution in [0.2, 0.25) is 0 Å². The van der Waals surface area contributed by atoms with Crippen molar-refractivity contribution in [3.05, 3.63) is 82.9 Å². The molecule has 0 aliphatic carbocycles. The van der Waals surface area contributed by atoms with E-state index in [-0.39, 0.29) is 5.78 Å². The van der Waals surface area contributed by atoms with Crippen molar-refractivity contribution >= 4 is 16.6 Å². The molecule has 0 aliphatic rings. The van der Waals surface area contributed by atoms with Crippen molar-refractivity contribution in [3.63, 3.8) is 0 Å². The molecular weight excluding hydrogens is 256 g/mol. The number of aryl methyl sites for hydroxylation is 1. The summed E-state index contributed by atoms with van der Waals surface area (Å²) in [5.74, 6) is 0.175. The lowest BCUT2D eigenvalue weighted by Crippen LogP contribution is -2.06. The normalized spacial score (nSPS) is 10.8. The summed E-state index contributed by atoms with van der Waals surface area (Å²) in [5, 5.41) is 2.39. The van der Waals surface area contributed by atoms with Crippen LogP contribution in [0.1, 0.15) is 27.0 Å². The fourth-order valence-corrected chi connectivity index (χ4v) is 2.79. The Morgan fingerprint density at radius 1 is 0.905 bits per heavy atom. The number of Topliss-reactive ketones (excluding diaryl/α,β-unsaturated/α-hetero) is 1. The molecule has 0 radical (unpaired) electrons. The van der Waals surface area contributed by atoms with Crippen LogP contribution in [0.15, 0.2) is 60.7 Å². The van der Waals surface area contributed by atoms with Gasteiger partial charge in [0.2, 0.25) is 0 Å². The second kappa shape index (κ2) is 5.53. The third-order valence-electron chi connectivity index (χ3n) is 4.14. The monoisotopic (exact) mass is 274 g/mol. The summed E-state index contributed by atoms with van der Waals surface area (Å²) in [7, 11) is 0. The van der Waals surface area contributed by atoms with Crippen molar-refractivity contribution in [1.29, 1.82) is 0 Å². The van der Waals surface area contributed by atoms with Gasteiger partial charge in [-0.05, 0) is 41.3 Å². The maximum absolute atomic E-state index is 12.5. The van der Waals surface area contributed by atoms with Crippen LogP contribution in [0.3, 0.4) is 0 Å². The molecule has 0 spiro atoms. The SMILES string of the molecule is Cc1cc2ccccc2c(CC(=O)c2ccccc2)c1C. The third-order valence-corrected chi connectivity index (χ3v) is 4.14. The van der Waals surface area contributed by atoms with Crippen LogP contribution in [0.25, 0.3) is 10.8 Å². The molecule has 0 bridgehead atoms. The Hall–Kier alpha value is -2.41. The van der Waals surface area contributed by atoms with Gasteiger partial charge in [0.05, 0.1) is 0 Å². The lowest BCUT2D eigenvalue weighted by atomic mass is 9.91. The zero-order valence-electron chi connectivity index (χ0n) is 12.4. The van der Waals surface area contributed by atoms with Gasteiger partial charge in [0.1, 0.15) is 0 Å². The van der Waals surface area contributed by atoms with Gasteiger partial charge in [-0.25, -0.2) is 0 Å². The van der Waals surface area contributed by atoms with Crippen LogP contribution in [0, 0.1) is 13.8 Å². The van der Waals surface area contributed by atoms with E-state index in [0.29, 0.717) is 6.42 Å².